The lowest BCUT2D eigenvalue weighted by molar-refractivity contribution is 0.0935. The lowest BCUT2D eigenvalue weighted by Gasteiger charge is -2.15. The van der Waals surface area contributed by atoms with Crippen molar-refractivity contribution in [3.05, 3.63) is 16.1 Å². The second kappa shape index (κ2) is 3.58. The summed E-state index contributed by atoms with van der Waals surface area (Å²) in [6, 6.07) is 0. The molecule has 2 nitrogen and oxygen atoms in total. The van der Waals surface area contributed by atoms with Crippen molar-refractivity contribution in [3.63, 3.8) is 0 Å². The quantitative estimate of drug-likeness (QED) is 0.682. The van der Waals surface area contributed by atoms with Crippen molar-refractivity contribution in [2.24, 2.45) is 5.41 Å². The van der Waals surface area contributed by atoms with E-state index in [-0.39, 0.29) is 11.2 Å². The molecular weight excluding hydrogens is 182 g/mol. The highest BCUT2D eigenvalue weighted by atomic mass is 32.1. The van der Waals surface area contributed by atoms with Gasteiger partial charge in [-0.3, -0.25) is 4.79 Å². The zero-order valence-corrected chi connectivity index (χ0v) is 9.36. The summed E-state index contributed by atoms with van der Waals surface area (Å²) in [6.45, 7) is 8.09. The Bertz CT molecular complexity index is 309. The minimum absolute atomic E-state index is 0.0502. The van der Waals surface area contributed by atoms with Crippen LogP contribution in [-0.2, 0) is 0 Å². The number of nitrogens with zero attached hydrogens (tertiary/aromatic N) is 1. The molecule has 0 fully saturated rings. The van der Waals surface area contributed by atoms with Crippen LogP contribution in [0.25, 0.3) is 0 Å². The average Bonchev–Trinajstić information content (AvgIpc) is 2.31. The van der Waals surface area contributed by atoms with Gasteiger partial charge < -0.3 is 0 Å². The number of ketones is 1. The molecule has 0 radical (unpaired) electrons. The number of carbonyl (C=O) groups excluding carboxylic acids is 1. The molecule has 0 saturated carbocycles. The van der Waals surface area contributed by atoms with Crippen LogP contribution < -0.4 is 0 Å². The van der Waals surface area contributed by atoms with E-state index in [1.54, 1.807) is 0 Å². The summed E-state index contributed by atoms with van der Waals surface area (Å²) in [7, 11) is 0. The molecule has 1 aromatic rings. The third kappa shape index (κ3) is 3.27. The maximum absolute atomic E-state index is 11.6. The predicted octanol–water partition coefficient (Wildman–Crippen LogP) is 3.07. The number of hydrogen-bond donors (Lipinski definition) is 0. The molecule has 0 bridgehead atoms. The van der Waals surface area contributed by atoms with E-state index in [1.165, 1.54) is 11.3 Å². The Hall–Kier alpha value is -0.700. The smallest absolute Gasteiger partial charge is 0.182 e. The Morgan fingerprint density at radius 3 is 2.54 bits per heavy atom. The molecule has 3 heteroatoms. The van der Waals surface area contributed by atoms with Crippen LogP contribution in [0.5, 0.6) is 0 Å². The van der Waals surface area contributed by atoms with Crippen molar-refractivity contribution < 1.29 is 4.79 Å². The molecule has 0 saturated heterocycles. The number of aryl methyl sites for hydroxylation is 1. The fourth-order valence-electron chi connectivity index (χ4n) is 1.06. The van der Waals surface area contributed by atoms with Gasteiger partial charge in [-0.2, -0.15) is 0 Å². The molecule has 0 aromatic carbocycles. The first-order chi connectivity index (χ1) is 5.88. The summed E-state index contributed by atoms with van der Waals surface area (Å²) in [5.74, 6) is 0.150. The van der Waals surface area contributed by atoms with Crippen LogP contribution in [0.1, 0.15) is 42.7 Å². The van der Waals surface area contributed by atoms with Gasteiger partial charge in [0, 0.05) is 11.8 Å². The van der Waals surface area contributed by atoms with Crippen molar-refractivity contribution in [1.82, 2.24) is 4.98 Å². The highest BCUT2D eigenvalue weighted by Gasteiger charge is 2.18. The Balaban J connectivity index is 2.70. The van der Waals surface area contributed by atoms with Gasteiger partial charge in [-0.1, -0.05) is 20.8 Å². The summed E-state index contributed by atoms with van der Waals surface area (Å²) in [5, 5.41) is 2.79. The van der Waals surface area contributed by atoms with Gasteiger partial charge >= 0.3 is 0 Å². The van der Waals surface area contributed by atoms with E-state index in [0.717, 1.165) is 5.01 Å². The monoisotopic (exact) mass is 197 g/mol. The molecule has 0 aliphatic rings. The first-order valence-electron chi connectivity index (χ1n) is 4.34. The van der Waals surface area contributed by atoms with Crippen molar-refractivity contribution in [2.75, 3.05) is 0 Å². The molecule has 0 unspecified atom stereocenters. The van der Waals surface area contributed by atoms with Crippen LogP contribution in [-0.4, -0.2) is 10.8 Å². The molecule has 0 aliphatic carbocycles. The second-order valence-corrected chi connectivity index (χ2v) is 5.47. The molecule has 1 rings (SSSR count). The van der Waals surface area contributed by atoms with Gasteiger partial charge in [-0.25, -0.2) is 4.98 Å². The van der Waals surface area contributed by atoms with Crippen molar-refractivity contribution in [1.29, 1.82) is 0 Å². The van der Waals surface area contributed by atoms with E-state index in [1.807, 2.05) is 12.3 Å². The zero-order chi connectivity index (χ0) is 10.1. The second-order valence-electron chi connectivity index (χ2n) is 4.41. The minimum Gasteiger partial charge on any atom is -0.292 e. The summed E-state index contributed by atoms with van der Waals surface area (Å²) < 4.78 is 0. The Morgan fingerprint density at radius 1 is 1.54 bits per heavy atom. The average molecular weight is 197 g/mol. The van der Waals surface area contributed by atoms with Crippen LogP contribution in [0, 0.1) is 12.3 Å². The first-order valence-corrected chi connectivity index (χ1v) is 5.22. The SMILES string of the molecule is Cc1nc(C(=O)CC(C)(C)C)cs1. The molecule has 1 aromatic heterocycles. The van der Waals surface area contributed by atoms with E-state index < -0.39 is 0 Å². The highest BCUT2D eigenvalue weighted by Crippen LogP contribution is 2.21. The fourth-order valence-corrected chi connectivity index (χ4v) is 1.68. The van der Waals surface area contributed by atoms with Gasteiger partial charge in [0.25, 0.3) is 0 Å². The summed E-state index contributed by atoms with van der Waals surface area (Å²) in [6.07, 6.45) is 0.566. The molecule has 1 heterocycles. The molecule has 0 aliphatic heterocycles. The Morgan fingerprint density at radius 2 is 2.15 bits per heavy atom. The normalized spacial score (nSPS) is 11.7. The molecule has 0 N–H and O–H groups in total. The van der Waals surface area contributed by atoms with Crippen LogP contribution in [0.15, 0.2) is 5.38 Å². The lowest BCUT2D eigenvalue weighted by atomic mass is 9.89. The van der Waals surface area contributed by atoms with Gasteiger partial charge in [0.1, 0.15) is 5.69 Å². The summed E-state index contributed by atoms with van der Waals surface area (Å²) in [5.41, 5.74) is 0.673. The third-order valence-corrected chi connectivity index (χ3v) is 2.37. The van der Waals surface area contributed by atoms with Gasteiger partial charge in [0.2, 0.25) is 0 Å². The molecule has 0 spiro atoms. The maximum atomic E-state index is 11.6. The van der Waals surface area contributed by atoms with E-state index in [0.29, 0.717) is 12.1 Å². The van der Waals surface area contributed by atoms with E-state index in [9.17, 15) is 4.79 Å². The maximum Gasteiger partial charge on any atom is 0.182 e. The number of rotatable bonds is 2. The van der Waals surface area contributed by atoms with Crippen LogP contribution >= 0.6 is 11.3 Å². The number of Topliss-reactive ketones (excluding diaryl/α,β-unsaturated/α-hetero) is 1. The number of thiazole rings is 1. The van der Waals surface area contributed by atoms with Gasteiger partial charge in [-0.15, -0.1) is 11.3 Å². The summed E-state index contributed by atoms with van der Waals surface area (Å²) >= 11 is 1.53. The van der Waals surface area contributed by atoms with Gasteiger partial charge in [0.05, 0.1) is 5.01 Å². The van der Waals surface area contributed by atoms with Crippen molar-refractivity contribution in [2.45, 2.75) is 34.1 Å². The number of aromatic nitrogens is 1. The predicted molar refractivity (Wildman–Crippen MR) is 55.3 cm³/mol. The Kier molecular flexibility index (Phi) is 2.86. The zero-order valence-electron chi connectivity index (χ0n) is 8.55. The van der Waals surface area contributed by atoms with E-state index in [4.69, 9.17) is 0 Å². The fraction of sp³-hybridized carbons (Fsp3) is 0.600. The highest BCUT2D eigenvalue weighted by molar-refractivity contribution is 7.09. The van der Waals surface area contributed by atoms with E-state index >= 15 is 0 Å². The molecule has 0 atom stereocenters. The first kappa shape index (κ1) is 10.4. The number of hydrogen-bond acceptors (Lipinski definition) is 3. The van der Waals surface area contributed by atoms with E-state index in [2.05, 4.69) is 25.8 Å². The molecule has 72 valence electrons. The van der Waals surface area contributed by atoms with Crippen molar-refractivity contribution in [3.8, 4) is 0 Å². The van der Waals surface area contributed by atoms with Crippen molar-refractivity contribution >= 4 is 17.1 Å². The third-order valence-electron chi connectivity index (χ3n) is 1.60. The standard InChI is InChI=1S/C10H15NOS/c1-7-11-8(6-13-7)9(12)5-10(2,3)4/h6H,5H2,1-4H3. The largest absolute Gasteiger partial charge is 0.292 e. The Labute approximate surface area is 83.0 Å². The topological polar surface area (TPSA) is 30.0 Å². The lowest BCUT2D eigenvalue weighted by Crippen LogP contribution is -2.13. The van der Waals surface area contributed by atoms with Crippen LogP contribution in [0.2, 0.25) is 0 Å². The van der Waals surface area contributed by atoms with Crippen LogP contribution in [0.4, 0.5) is 0 Å². The number of carbonyl (C=O) groups is 1. The van der Waals surface area contributed by atoms with Gasteiger partial charge in [0.15, 0.2) is 5.78 Å². The minimum atomic E-state index is 0.0502. The summed E-state index contributed by atoms with van der Waals surface area (Å²) in [4.78, 5) is 15.8. The molecule has 13 heavy (non-hydrogen) atoms. The molecular formula is C10H15NOS. The van der Waals surface area contributed by atoms with Crippen LogP contribution in [0.3, 0.4) is 0 Å². The van der Waals surface area contributed by atoms with Gasteiger partial charge in [-0.05, 0) is 12.3 Å². The molecule has 0 amide bonds.